The summed E-state index contributed by atoms with van der Waals surface area (Å²) < 4.78 is 4.94. The van der Waals surface area contributed by atoms with Crippen LogP contribution in [0.2, 0.25) is 0 Å². The molecule has 21 heavy (non-hydrogen) atoms. The second-order valence-corrected chi connectivity index (χ2v) is 5.33. The number of nitrogens with zero attached hydrogens (tertiary/aromatic N) is 1. The van der Waals surface area contributed by atoms with Crippen LogP contribution in [0.3, 0.4) is 0 Å². The van der Waals surface area contributed by atoms with E-state index in [1.807, 2.05) is 12.1 Å². The highest BCUT2D eigenvalue weighted by Crippen LogP contribution is 2.19. The van der Waals surface area contributed by atoms with Crippen molar-refractivity contribution >= 4 is 11.9 Å². The number of rotatable bonds is 5. The van der Waals surface area contributed by atoms with Crippen molar-refractivity contribution in [3.05, 3.63) is 35.4 Å². The third kappa shape index (κ3) is 4.29. The van der Waals surface area contributed by atoms with Gasteiger partial charge in [-0.15, -0.1) is 0 Å². The van der Waals surface area contributed by atoms with Gasteiger partial charge in [-0.25, -0.2) is 4.79 Å². The molecular formula is C16H21NO4. The summed E-state index contributed by atoms with van der Waals surface area (Å²) in [4.78, 5) is 24.8. The summed E-state index contributed by atoms with van der Waals surface area (Å²) in [5, 5.41) is 9.09. The van der Waals surface area contributed by atoms with Crippen LogP contribution in [-0.2, 0) is 16.1 Å². The van der Waals surface area contributed by atoms with Gasteiger partial charge in [-0.2, -0.15) is 0 Å². The van der Waals surface area contributed by atoms with Crippen molar-refractivity contribution in [2.24, 2.45) is 5.92 Å². The highest BCUT2D eigenvalue weighted by molar-refractivity contribution is 5.89. The number of ether oxygens (including phenoxy) is 1. The highest BCUT2D eigenvalue weighted by Gasteiger charge is 2.25. The Morgan fingerprint density at radius 1 is 1.33 bits per heavy atom. The van der Waals surface area contributed by atoms with E-state index in [0.29, 0.717) is 25.3 Å². The molecule has 0 spiro atoms. The van der Waals surface area contributed by atoms with E-state index in [1.54, 1.807) is 19.1 Å². The second-order valence-electron chi connectivity index (χ2n) is 5.33. The average Bonchev–Trinajstić information content (AvgIpc) is 2.48. The Balaban J connectivity index is 1.94. The van der Waals surface area contributed by atoms with E-state index in [9.17, 15) is 9.59 Å². The normalized spacial score (nSPS) is 19.2. The Hall–Kier alpha value is -1.88. The molecule has 1 aliphatic heterocycles. The largest absolute Gasteiger partial charge is 0.481 e. The average molecular weight is 291 g/mol. The molecule has 1 N–H and O–H groups in total. The number of carboxylic acids is 1. The Labute approximate surface area is 124 Å². The van der Waals surface area contributed by atoms with Crippen LogP contribution in [0.15, 0.2) is 24.3 Å². The number of hydrogen-bond donors (Lipinski definition) is 1. The van der Waals surface area contributed by atoms with Crippen LogP contribution in [0.25, 0.3) is 0 Å². The minimum Gasteiger partial charge on any atom is -0.481 e. The molecule has 5 nitrogen and oxygen atoms in total. The van der Waals surface area contributed by atoms with Crippen LogP contribution in [0.1, 0.15) is 35.7 Å². The second kappa shape index (κ2) is 7.22. The van der Waals surface area contributed by atoms with Gasteiger partial charge >= 0.3 is 11.9 Å². The number of aliphatic carboxylic acids is 1. The van der Waals surface area contributed by atoms with Crippen LogP contribution in [-0.4, -0.2) is 41.6 Å². The van der Waals surface area contributed by atoms with Crippen molar-refractivity contribution in [3.8, 4) is 0 Å². The van der Waals surface area contributed by atoms with Gasteiger partial charge in [-0.1, -0.05) is 12.1 Å². The zero-order chi connectivity index (χ0) is 15.2. The van der Waals surface area contributed by atoms with E-state index >= 15 is 0 Å². The first-order valence-corrected chi connectivity index (χ1v) is 7.31. The molecular weight excluding hydrogens is 270 g/mol. The maximum atomic E-state index is 11.6. The number of likely N-dealkylation sites (tertiary alicyclic amines) is 1. The molecule has 1 fully saturated rings. The van der Waals surface area contributed by atoms with Crippen LogP contribution < -0.4 is 0 Å². The summed E-state index contributed by atoms with van der Waals surface area (Å²) in [6.45, 7) is 4.37. The van der Waals surface area contributed by atoms with E-state index in [0.717, 1.165) is 24.9 Å². The van der Waals surface area contributed by atoms with Crippen molar-refractivity contribution in [2.75, 3.05) is 19.7 Å². The van der Waals surface area contributed by atoms with Crippen LogP contribution in [0.5, 0.6) is 0 Å². The minimum absolute atomic E-state index is 0.266. The van der Waals surface area contributed by atoms with E-state index in [4.69, 9.17) is 9.84 Å². The third-order valence-electron chi connectivity index (χ3n) is 3.73. The van der Waals surface area contributed by atoms with Crippen molar-refractivity contribution in [2.45, 2.75) is 26.3 Å². The van der Waals surface area contributed by atoms with Crippen molar-refractivity contribution in [3.63, 3.8) is 0 Å². The van der Waals surface area contributed by atoms with E-state index in [-0.39, 0.29) is 11.9 Å². The lowest BCUT2D eigenvalue weighted by Crippen LogP contribution is -2.38. The van der Waals surface area contributed by atoms with E-state index < -0.39 is 5.97 Å². The van der Waals surface area contributed by atoms with Crippen LogP contribution in [0, 0.1) is 5.92 Å². The molecule has 5 heteroatoms. The van der Waals surface area contributed by atoms with Gasteiger partial charge in [0, 0.05) is 13.1 Å². The monoisotopic (exact) mass is 291 g/mol. The number of benzene rings is 1. The first-order valence-electron chi connectivity index (χ1n) is 7.31. The lowest BCUT2D eigenvalue weighted by atomic mass is 9.98. The molecule has 0 aromatic heterocycles. The summed E-state index contributed by atoms with van der Waals surface area (Å²) >= 11 is 0. The quantitative estimate of drug-likeness (QED) is 0.842. The molecule has 1 heterocycles. The summed E-state index contributed by atoms with van der Waals surface area (Å²) in [5.41, 5.74) is 1.62. The molecule has 1 aromatic rings. The summed E-state index contributed by atoms with van der Waals surface area (Å²) in [6, 6.07) is 7.31. The first-order chi connectivity index (χ1) is 10.1. The molecule has 0 aliphatic carbocycles. The first kappa shape index (κ1) is 15.5. The van der Waals surface area contributed by atoms with Gasteiger partial charge in [0.2, 0.25) is 0 Å². The minimum atomic E-state index is -0.711. The molecule has 1 aromatic carbocycles. The molecule has 1 saturated heterocycles. The summed E-state index contributed by atoms with van der Waals surface area (Å²) in [5.74, 6) is -1.29. The zero-order valence-electron chi connectivity index (χ0n) is 12.2. The lowest BCUT2D eigenvalue weighted by molar-refractivity contribution is -0.143. The molecule has 2 rings (SSSR count). The fourth-order valence-electron chi connectivity index (χ4n) is 2.62. The zero-order valence-corrected chi connectivity index (χ0v) is 12.2. The molecule has 1 unspecified atom stereocenters. The number of hydrogen-bond acceptors (Lipinski definition) is 4. The molecule has 1 atom stereocenters. The van der Waals surface area contributed by atoms with Gasteiger partial charge in [0.05, 0.1) is 18.1 Å². The van der Waals surface area contributed by atoms with E-state index in [1.165, 1.54) is 0 Å². The Morgan fingerprint density at radius 2 is 2.05 bits per heavy atom. The van der Waals surface area contributed by atoms with Crippen LogP contribution in [0.4, 0.5) is 0 Å². The van der Waals surface area contributed by atoms with Crippen molar-refractivity contribution < 1.29 is 19.4 Å². The van der Waals surface area contributed by atoms with Gasteiger partial charge in [0.15, 0.2) is 0 Å². The molecule has 1 aliphatic rings. The SMILES string of the molecule is CCOC(=O)c1ccc(CN2CCCC(C(=O)O)C2)cc1. The van der Waals surface area contributed by atoms with Gasteiger partial charge in [-0.05, 0) is 44.0 Å². The topological polar surface area (TPSA) is 66.8 Å². The predicted octanol–water partition coefficient (Wildman–Crippen LogP) is 2.16. The molecule has 114 valence electrons. The van der Waals surface area contributed by atoms with Gasteiger partial charge in [0.25, 0.3) is 0 Å². The van der Waals surface area contributed by atoms with Gasteiger partial charge in [-0.3, -0.25) is 9.69 Å². The van der Waals surface area contributed by atoms with Crippen molar-refractivity contribution in [1.29, 1.82) is 0 Å². The summed E-state index contributed by atoms with van der Waals surface area (Å²) in [7, 11) is 0. The van der Waals surface area contributed by atoms with Crippen LogP contribution >= 0.6 is 0 Å². The number of esters is 1. The fourth-order valence-corrected chi connectivity index (χ4v) is 2.62. The molecule has 0 amide bonds. The smallest absolute Gasteiger partial charge is 0.338 e. The maximum Gasteiger partial charge on any atom is 0.338 e. The van der Waals surface area contributed by atoms with Gasteiger partial charge < -0.3 is 9.84 Å². The number of piperidine rings is 1. The van der Waals surface area contributed by atoms with Gasteiger partial charge in [0.1, 0.15) is 0 Å². The van der Waals surface area contributed by atoms with Crippen molar-refractivity contribution in [1.82, 2.24) is 4.90 Å². The molecule has 0 radical (unpaired) electrons. The highest BCUT2D eigenvalue weighted by atomic mass is 16.5. The predicted molar refractivity (Wildman–Crippen MR) is 78.0 cm³/mol. The Morgan fingerprint density at radius 3 is 2.67 bits per heavy atom. The fraction of sp³-hybridized carbons (Fsp3) is 0.500. The number of carboxylic acid groups (broad SMARTS) is 1. The Kier molecular flexibility index (Phi) is 5.33. The maximum absolute atomic E-state index is 11.6. The number of carbonyl (C=O) groups is 2. The lowest BCUT2D eigenvalue weighted by Gasteiger charge is -2.30. The summed E-state index contributed by atoms with van der Waals surface area (Å²) in [6.07, 6.45) is 1.67. The third-order valence-corrected chi connectivity index (χ3v) is 3.73. The Bertz CT molecular complexity index is 498. The number of carbonyl (C=O) groups excluding carboxylic acids is 1. The van der Waals surface area contributed by atoms with E-state index in [2.05, 4.69) is 4.90 Å². The molecule has 0 bridgehead atoms. The molecule has 0 saturated carbocycles. The standard InChI is InChI=1S/C16H21NO4/c1-2-21-16(20)13-7-5-12(6-8-13)10-17-9-3-4-14(11-17)15(18)19/h5-8,14H,2-4,9-11H2,1H3,(H,18,19).